The van der Waals surface area contributed by atoms with E-state index in [-0.39, 0.29) is 5.91 Å². The molecule has 0 radical (unpaired) electrons. The zero-order chi connectivity index (χ0) is 15.7. The number of amides is 1. The van der Waals surface area contributed by atoms with Crippen LogP contribution >= 0.6 is 11.6 Å². The van der Waals surface area contributed by atoms with E-state index in [0.717, 1.165) is 22.4 Å². The van der Waals surface area contributed by atoms with Crippen molar-refractivity contribution in [2.24, 2.45) is 0 Å². The summed E-state index contributed by atoms with van der Waals surface area (Å²) in [5.41, 5.74) is 3.66. The molecule has 1 N–H and O–H groups in total. The smallest absolute Gasteiger partial charge is 0.231 e. The molecule has 1 aliphatic rings. The molecule has 0 bridgehead atoms. The topological polar surface area (TPSA) is 40.5 Å². The molecule has 3 rings (SSSR count). The quantitative estimate of drug-likeness (QED) is 0.918. The highest BCUT2D eigenvalue weighted by atomic mass is 35.5. The van der Waals surface area contributed by atoms with E-state index >= 15 is 0 Å². The maximum absolute atomic E-state index is 12.7. The minimum atomic E-state index is -0.491. The van der Waals surface area contributed by atoms with Crippen LogP contribution in [0.25, 0.3) is 0 Å². The van der Waals surface area contributed by atoms with E-state index in [1.807, 2.05) is 37.3 Å². The summed E-state index contributed by atoms with van der Waals surface area (Å²) in [7, 11) is 0. The molecular weight excluding hydrogens is 298 g/mol. The second-order valence-electron chi connectivity index (χ2n) is 5.67. The Morgan fingerprint density at radius 1 is 1.27 bits per heavy atom. The molecule has 1 atom stereocenters. The lowest BCUT2D eigenvalue weighted by Gasteiger charge is -2.33. The molecule has 22 heavy (non-hydrogen) atoms. The molecule has 1 unspecified atom stereocenters. The highest BCUT2D eigenvalue weighted by molar-refractivity contribution is 6.30. The summed E-state index contributed by atoms with van der Waals surface area (Å²) in [5, 5.41) is 10.8. The van der Waals surface area contributed by atoms with Gasteiger partial charge in [-0.3, -0.25) is 4.79 Å². The van der Waals surface area contributed by atoms with E-state index in [2.05, 4.69) is 0 Å². The Hall–Kier alpha value is -1.84. The van der Waals surface area contributed by atoms with Crippen LogP contribution in [0.1, 0.15) is 29.2 Å². The van der Waals surface area contributed by atoms with Crippen LogP contribution in [0.2, 0.25) is 5.02 Å². The molecule has 1 amide bonds. The molecule has 0 saturated heterocycles. The van der Waals surface area contributed by atoms with Gasteiger partial charge in [-0.1, -0.05) is 41.9 Å². The standard InChI is InChI=1S/C18H18ClNO2/c1-12-3-2-4-15-16(21)9-10-20(18(12)15)17(22)11-13-5-7-14(19)8-6-13/h2-8,16,21H,9-11H2,1H3. The summed E-state index contributed by atoms with van der Waals surface area (Å²) in [6, 6.07) is 13.1. The monoisotopic (exact) mass is 315 g/mol. The zero-order valence-corrected chi connectivity index (χ0v) is 13.2. The molecule has 2 aromatic rings. The molecule has 2 aromatic carbocycles. The second kappa shape index (κ2) is 6.11. The van der Waals surface area contributed by atoms with Gasteiger partial charge in [0.1, 0.15) is 0 Å². The van der Waals surface area contributed by atoms with E-state index in [4.69, 9.17) is 11.6 Å². The van der Waals surface area contributed by atoms with Gasteiger partial charge < -0.3 is 10.0 Å². The number of benzene rings is 2. The first kappa shape index (κ1) is 15.1. The van der Waals surface area contributed by atoms with Gasteiger partial charge in [0.25, 0.3) is 0 Å². The van der Waals surface area contributed by atoms with E-state index in [1.165, 1.54) is 0 Å². The van der Waals surface area contributed by atoms with Crippen LogP contribution in [0.5, 0.6) is 0 Å². The Labute approximate surface area is 135 Å². The maximum atomic E-state index is 12.7. The molecule has 1 aliphatic heterocycles. The van der Waals surface area contributed by atoms with Crippen molar-refractivity contribution in [3.05, 3.63) is 64.2 Å². The van der Waals surface area contributed by atoms with Gasteiger partial charge in [-0.15, -0.1) is 0 Å². The molecule has 0 saturated carbocycles. The van der Waals surface area contributed by atoms with Gasteiger partial charge in [-0.25, -0.2) is 0 Å². The number of nitrogens with zero attached hydrogens (tertiary/aromatic N) is 1. The predicted octanol–water partition coefficient (Wildman–Crippen LogP) is 3.66. The summed E-state index contributed by atoms with van der Waals surface area (Å²) >= 11 is 5.88. The van der Waals surface area contributed by atoms with Gasteiger partial charge in [0.2, 0.25) is 5.91 Å². The summed E-state index contributed by atoms with van der Waals surface area (Å²) in [4.78, 5) is 14.5. The molecule has 0 aromatic heterocycles. The van der Waals surface area contributed by atoms with Crippen LogP contribution < -0.4 is 4.90 Å². The molecule has 0 aliphatic carbocycles. The van der Waals surface area contributed by atoms with Crippen LogP contribution in [0, 0.1) is 6.92 Å². The maximum Gasteiger partial charge on any atom is 0.231 e. The number of hydrogen-bond donors (Lipinski definition) is 1. The molecule has 0 spiro atoms. The van der Waals surface area contributed by atoms with Gasteiger partial charge in [0.15, 0.2) is 0 Å². The number of hydrogen-bond acceptors (Lipinski definition) is 2. The lowest BCUT2D eigenvalue weighted by Crippen LogP contribution is -2.38. The Kier molecular flexibility index (Phi) is 4.19. The minimum Gasteiger partial charge on any atom is -0.388 e. The van der Waals surface area contributed by atoms with Crippen LogP contribution in [0.4, 0.5) is 5.69 Å². The summed E-state index contributed by atoms with van der Waals surface area (Å²) in [6.45, 7) is 2.52. The van der Waals surface area contributed by atoms with Crippen molar-refractivity contribution < 1.29 is 9.90 Å². The minimum absolute atomic E-state index is 0.0461. The first-order chi connectivity index (χ1) is 10.6. The van der Waals surface area contributed by atoms with E-state index in [9.17, 15) is 9.90 Å². The van der Waals surface area contributed by atoms with E-state index in [0.29, 0.717) is 24.4 Å². The highest BCUT2D eigenvalue weighted by Crippen LogP contribution is 2.36. The van der Waals surface area contributed by atoms with Crippen molar-refractivity contribution in [3.8, 4) is 0 Å². The summed E-state index contributed by atoms with van der Waals surface area (Å²) in [6.07, 6.45) is 0.415. The van der Waals surface area contributed by atoms with E-state index in [1.54, 1.807) is 17.0 Å². The number of carbonyl (C=O) groups excluding carboxylic acids is 1. The summed E-state index contributed by atoms with van der Waals surface area (Å²) < 4.78 is 0. The Morgan fingerprint density at radius 3 is 2.73 bits per heavy atom. The molecule has 4 heteroatoms. The number of aliphatic hydroxyl groups excluding tert-OH is 1. The third-order valence-corrected chi connectivity index (χ3v) is 4.35. The van der Waals surface area contributed by atoms with Gasteiger partial charge in [-0.05, 0) is 36.6 Å². The fourth-order valence-electron chi connectivity index (χ4n) is 2.96. The van der Waals surface area contributed by atoms with Gasteiger partial charge in [0, 0.05) is 17.1 Å². The highest BCUT2D eigenvalue weighted by Gasteiger charge is 2.28. The van der Waals surface area contributed by atoms with Crippen LogP contribution in [0.3, 0.4) is 0 Å². The van der Waals surface area contributed by atoms with Crippen LogP contribution in [0.15, 0.2) is 42.5 Å². The van der Waals surface area contributed by atoms with Crippen molar-refractivity contribution in [2.45, 2.75) is 25.9 Å². The van der Waals surface area contributed by atoms with E-state index < -0.39 is 6.10 Å². The largest absolute Gasteiger partial charge is 0.388 e. The van der Waals surface area contributed by atoms with Crippen molar-refractivity contribution in [1.29, 1.82) is 0 Å². The van der Waals surface area contributed by atoms with Crippen LogP contribution in [-0.4, -0.2) is 17.6 Å². The fourth-order valence-corrected chi connectivity index (χ4v) is 3.09. The van der Waals surface area contributed by atoms with Crippen LogP contribution in [-0.2, 0) is 11.2 Å². The van der Waals surface area contributed by atoms with Crippen molar-refractivity contribution in [1.82, 2.24) is 0 Å². The van der Waals surface area contributed by atoms with Crippen molar-refractivity contribution in [2.75, 3.05) is 11.4 Å². The van der Waals surface area contributed by atoms with Crippen molar-refractivity contribution >= 4 is 23.2 Å². The number of para-hydroxylation sites is 1. The Morgan fingerprint density at radius 2 is 2.00 bits per heavy atom. The zero-order valence-electron chi connectivity index (χ0n) is 12.4. The number of halogens is 1. The van der Waals surface area contributed by atoms with Gasteiger partial charge >= 0.3 is 0 Å². The number of rotatable bonds is 2. The number of carbonyl (C=O) groups is 1. The first-order valence-electron chi connectivity index (χ1n) is 7.38. The predicted molar refractivity (Wildman–Crippen MR) is 88.3 cm³/mol. The first-order valence-corrected chi connectivity index (χ1v) is 7.76. The lowest BCUT2D eigenvalue weighted by atomic mass is 9.95. The number of aliphatic hydroxyl groups is 1. The Balaban J connectivity index is 1.88. The molecule has 3 nitrogen and oxygen atoms in total. The third-order valence-electron chi connectivity index (χ3n) is 4.09. The second-order valence-corrected chi connectivity index (χ2v) is 6.10. The third kappa shape index (κ3) is 2.87. The number of anilines is 1. The van der Waals surface area contributed by atoms with Gasteiger partial charge in [0.05, 0.1) is 18.2 Å². The summed E-state index contributed by atoms with van der Waals surface area (Å²) in [5.74, 6) is 0.0461. The number of aryl methyl sites for hydroxylation is 1. The molecule has 114 valence electrons. The normalized spacial score (nSPS) is 17.2. The number of fused-ring (bicyclic) bond motifs is 1. The SMILES string of the molecule is Cc1cccc2c1N(C(=O)Cc1ccc(Cl)cc1)CCC2O. The van der Waals surface area contributed by atoms with Gasteiger partial charge in [-0.2, -0.15) is 0 Å². The molecule has 1 heterocycles. The fraction of sp³-hybridized carbons (Fsp3) is 0.278. The lowest BCUT2D eigenvalue weighted by molar-refractivity contribution is -0.118. The molecular formula is C18H18ClNO2. The Bertz CT molecular complexity index is 697. The molecule has 0 fully saturated rings. The average Bonchev–Trinajstić information content (AvgIpc) is 2.51. The average molecular weight is 316 g/mol. The van der Waals surface area contributed by atoms with Crippen molar-refractivity contribution in [3.63, 3.8) is 0 Å².